The van der Waals surface area contributed by atoms with Gasteiger partial charge in [-0.3, -0.25) is 24.4 Å². The highest BCUT2D eigenvalue weighted by atomic mass is 35.5. The number of carbonyl (C=O) groups excluding carboxylic acids is 2. The first-order valence-electron chi connectivity index (χ1n) is 22.0. The molecule has 10 rings (SSSR count). The number of nitrogens with zero attached hydrogens (tertiary/aromatic N) is 7. The lowest BCUT2D eigenvalue weighted by molar-refractivity contribution is -0.134. The van der Waals surface area contributed by atoms with Crippen molar-refractivity contribution in [3.63, 3.8) is 0 Å². The smallest absolute Gasteiger partial charge is 0.301 e. The summed E-state index contributed by atoms with van der Waals surface area (Å²) in [4.78, 5) is 51.5. The highest BCUT2D eigenvalue weighted by Crippen LogP contribution is 2.46. The Bertz CT molecular complexity index is 2770. The van der Waals surface area contributed by atoms with E-state index in [-0.39, 0.29) is 70.1 Å². The van der Waals surface area contributed by atoms with E-state index < -0.39 is 47.6 Å². The van der Waals surface area contributed by atoms with E-state index in [1.807, 2.05) is 0 Å². The maximum Gasteiger partial charge on any atom is 0.301 e. The van der Waals surface area contributed by atoms with E-state index in [0.717, 1.165) is 13.0 Å². The molecule has 4 fully saturated rings. The lowest BCUT2D eigenvalue weighted by Crippen LogP contribution is -2.45. The van der Waals surface area contributed by atoms with Crippen molar-refractivity contribution in [2.24, 2.45) is 31.8 Å². The summed E-state index contributed by atoms with van der Waals surface area (Å²) in [6, 6.07) is 5.46. The number of halogens is 5. The molecule has 64 heavy (non-hydrogen) atoms. The maximum atomic E-state index is 16.2. The van der Waals surface area contributed by atoms with Crippen LogP contribution < -0.4 is 31.1 Å². The molecule has 3 N–H and O–H groups in total. The minimum Gasteiger partial charge on any atom is -0.480 e. The normalized spacial score (nSPS) is 24.3. The Hall–Kier alpha value is -5.49. The third-order valence-electron chi connectivity index (χ3n) is 14.1. The second-order valence-corrected chi connectivity index (χ2v) is 18.7. The van der Waals surface area contributed by atoms with Crippen LogP contribution in [0.5, 0.6) is 5.75 Å². The van der Waals surface area contributed by atoms with Gasteiger partial charge < -0.3 is 29.7 Å². The van der Waals surface area contributed by atoms with Crippen LogP contribution in [0.15, 0.2) is 35.3 Å². The number of alkyl halides is 2. The van der Waals surface area contributed by atoms with Crippen molar-refractivity contribution in [2.75, 3.05) is 54.9 Å². The van der Waals surface area contributed by atoms with Crippen LogP contribution in [0, 0.1) is 29.4 Å². The molecule has 19 heteroatoms. The van der Waals surface area contributed by atoms with Crippen molar-refractivity contribution in [1.82, 2.24) is 34.5 Å². The van der Waals surface area contributed by atoms with Gasteiger partial charge in [0.05, 0.1) is 35.1 Å². The highest BCUT2D eigenvalue weighted by molar-refractivity contribution is 6.33. The van der Waals surface area contributed by atoms with Gasteiger partial charge in [-0.2, -0.15) is 10.1 Å². The quantitative estimate of drug-likeness (QED) is 0.109. The van der Waals surface area contributed by atoms with E-state index in [0.29, 0.717) is 91.2 Å². The Balaban J connectivity index is 0.791. The Morgan fingerprint density at radius 2 is 1.78 bits per heavy atom. The number of amides is 2. The summed E-state index contributed by atoms with van der Waals surface area (Å²) in [5, 5.41) is 14.1. The summed E-state index contributed by atoms with van der Waals surface area (Å²) in [5.74, 6) is -5.17. The summed E-state index contributed by atoms with van der Waals surface area (Å²) < 4.78 is 70.7. The molecular formula is C45H49ClF4N10O4. The molecule has 1 aliphatic carbocycles. The second kappa shape index (κ2) is 16.2. The molecular weight excluding hydrogens is 856 g/mol. The molecule has 4 atom stereocenters. The van der Waals surface area contributed by atoms with Gasteiger partial charge in [-0.05, 0) is 99.6 Å². The predicted molar refractivity (Wildman–Crippen MR) is 234 cm³/mol. The standard InChI is InChI=1S/C45H49ClF4N10O4/c1-22-19-60(15-12-25(22)20-59-13-10-23(11-14-59)34-31(47)17-29-36(56-58(3)38(29)35(34)48)27-7-9-33(61)53-42(27)62)44-51-18-30(46)41(55-44)52-26-6-8-32-28(16-26)37-39(43(63)57(32)2)64-21-45(49,50)40(54-37)24-4-5-24/h6,8,16-18,22-25,27,40,54H,4-5,7,9-15,19-21H2,1-3H3,(H,51,52,55)(H,53,61,62)/t22-,25-,27?,40-/m0/s1. The first-order valence-corrected chi connectivity index (χ1v) is 22.4. The van der Waals surface area contributed by atoms with Gasteiger partial charge in [0.15, 0.2) is 18.2 Å². The van der Waals surface area contributed by atoms with Gasteiger partial charge in [-0.15, -0.1) is 0 Å². The molecule has 338 valence electrons. The van der Waals surface area contributed by atoms with Gasteiger partial charge in [0.1, 0.15) is 16.4 Å². The number of hydrogen-bond donors (Lipinski definition) is 3. The molecule has 0 radical (unpaired) electrons. The van der Waals surface area contributed by atoms with Crippen LogP contribution in [-0.2, 0) is 23.7 Å². The minimum absolute atomic E-state index is 0.0614. The van der Waals surface area contributed by atoms with E-state index in [1.165, 1.54) is 15.3 Å². The van der Waals surface area contributed by atoms with Crippen LogP contribution in [0.2, 0.25) is 5.02 Å². The number of piperidine rings is 3. The molecule has 0 bridgehead atoms. The van der Waals surface area contributed by atoms with Crippen molar-refractivity contribution in [3.8, 4) is 5.75 Å². The summed E-state index contributed by atoms with van der Waals surface area (Å²) in [7, 11) is 3.17. The Morgan fingerprint density at radius 1 is 1.00 bits per heavy atom. The lowest BCUT2D eigenvalue weighted by atomic mass is 9.84. The van der Waals surface area contributed by atoms with Gasteiger partial charge >= 0.3 is 5.92 Å². The molecule has 3 saturated heterocycles. The van der Waals surface area contributed by atoms with Crippen LogP contribution in [-0.4, -0.2) is 92.3 Å². The number of imide groups is 1. The molecule has 2 aromatic carbocycles. The fourth-order valence-corrected chi connectivity index (χ4v) is 10.5. The molecule has 2 amide bonds. The van der Waals surface area contributed by atoms with Gasteiger partial charge in [-0.1, -0.05) is 18.5 Å². The molecule has 1 saturated carbocycles. The average molecular weight is 905 g/mol. The third-order valence-corrected chi connectivity index (χ3v) is 14.4. The summed E-state index contributed by atoms with van der Waals surface area (Å²) in [5.41, 5.74) is 1.39. The van der Waals surface area contributed by atoms with E-state index in [1.54, 1.807) is 38.5 Å². The zero-order chi connectivity index (χ0) is 44.8. The van der Waals surface area contributed by atoms with Crippen molar-refractivity contribution >= 4 is 68.4 Å². The zero-order valence-corrected chi connectivity index (χ0v) is 36.5. The number of carbonyl (C=O) groups is 2. The zero-order valence-electron chi connectivity index (χ0n) is 35.7. The third kappa shape index (κ3) is 7.59. The van der Waals surface area contributed by atoms with E-state index in [2.05, 4.69) is 42.8 Å². The number of ether oxygens (including phenoxy) is 1. The van der Waals surface area contributed by atoms with Crippen LogP contribution in [0.1, 0.15) is 75.0 Å². The molecule has 3 aromatic heterocycles. The molecule has 0 spiro atoms. The molecule has 7 heterocycles. The number of likely N-dealkylation sites (tertiary alicyclic amines) is 1. The minimum atomic E-state index is -3.15. The van der Waals surface area contributed by atoms with E-state index in [4.69, 9.17) is 21.3 Å². The maximum absolute atomic E-state index is 16.2. The Morgan fingerprint density at radius 3 is 2.52 bits per heavy atom. The fraction of sp³-hybridized carbons (Fsp3) is 0.511. The number of pyridine rings is 1. The molecule has 14 nitrogen and oxygen atoms in total. The number of rotatable bonds is 8. The number of aryl methyl sites for hydroxylation is 2. The second-order valence-electron chi connectivity index (χ2n) is 18.3. The molecule has 5 aliphatic rings. The van der Waals surface area contributed by atoms with Crippen LogP contribution in [0.4, 0.5) is 40.7 Å². The molecule has 1 unspecified atom stereocenters. The largest absolute Gasteiger partial charge is 0.480 e. The predicted octanol–water partition coefficient (Wildman–Crippen LogP) is 6.97. The lowest BCUT2D eigenvalue weighted by Gasteiger charge is -2.41. The van der Waals surface area contributed by atoms with Gasteiger partial charge in [0.2, 0.25) is 23.5 Å². The van der Waals surface area contributed by atoms with Crippen molar-refractivity contribution < 1.29 is 31.9 Å². The highest BCUT2D eigenvalue weighted by Gasteiger charge is 2.51. The van der Waals surface area contributed by atoms with E-state index >= 15 is 17.6 Å². The summed E-state index contributed by atoms with van der Waals surface area (Å²) in [6.45, 7) is 5.00. The first-order chi connectivity index (χ1) is 30.6. The Kier molecular flexibility index (Phi) is 10.7. The molecule has 5 aromatic rings. The number of anilines is 4. The average Bonchev–Trinajstić information content (AvgIpc) is 4.06. The topological polar surface area (TPSA) is 152 Å². The summed E-state index contributed by atoms with van der Waals surface area (Å²) >= 11 is 6.64. The number of aromatic nitrogens is 5. The van der Waals surface area contributed by atoms with Crippen molar-refractivity contribution in [1.29, 1.82) is 0 Å². The van der Waals surface area contributed by atoms with E-state index in [9.17, 15) is 14.4 Å². The Labute approximate surface area is 370 Å². The number of nitrogens with one attached hydrogen (secondary N) is 3. The fourth-order valence-electron chi connectivity index (χ4n) is 10.4. The summed E-state index contributed by atoms with van der Waals surface area (Å²) in [6.07, 6.45) is 5.36. The first kappa shape index (κ1) is 42.5. The van der Waals surface area contributed by atoms with Crippen LogP contribution in [0.3, 0.4) is 0 Å². The van der Waals surface area contributed by atoms with Gasteiger partial charge in [-0.25, -0.2) is 22.5 Å². The van der Waals surface area contributed by atoms with Crippen LogP contribution in [0.25, 0.3) is 21.8 Å². The number of benzene rings is 2. The van der Waals surface area contributed by atoms with Crippen LogP contribution >= 0.6 is 11.6 Å². The molecule has 4 aliphatic heterocycles. The van der Waals surface area contributed by atoms with Crippen molar-refractivity contribution in [2.45, 2.75) is 75.7 Å². The van der Waals surface area contributed by atoms with Crippen molar-refractivity contribution in [3.05, 3.63) is 68.7 Å². The van der Waals surface area contributed by atoms with Gasteiger partial charge in [0, 0.05) is 62.2 Å². The number of fused-ring (bicyclic) bond motifs is 4. The SMILES string of the molecule is C[C@H]1CN(c2ncc(Cl)c(Nc3ccc4c(c3)c3c(c(=O)n4C)OCC(F)(F)[C@H](C4CC4)N3)n2)CC[C@H]1CN1CCC(c2c(F)cc3c(C4CCC(=O)NC4=O)nn(C)c3c2F)CC1. The number of hydrogen-bond acceptors (Lipinski definition) is 11. The monoisotopic (exact) mass is 904 g/mol. The van der Waals surface area contributed by atoms with Gasteiger partial charge in [0.25, 0.3) is 5.56 Å².